The summed E-state index contributed by atoms with van der Waals surface area (Å²) in [7, 11) is 0. The Morgan fingerprint density at radius 1 is 1.28 bits per heavy atom. The Kier molecular flexibility index (Phi) is 3.31. The van der Waals surface area contributed by atoms with Crippen molar-refractivity contribution in [3.63, 3.8) is 0 Å². The molecular weight excluding hydrogens is 240 g/mol. The van der Waals surface area contributed by atoms with Crippen LogP contribution in [0.5, 0.6) is 0 Å². The van der Waals surface area contributed by atoms with E-state index in [-0.39, 0.29) is 5.56 Å². The number of aromatic nitrogens is 4. The molecule has 0 spiro atoms. The van der Waals surface area contributed by atoms with Crippen LogP contribution in [0, 0.1) is 0 Å². The van der Waals surface area contributed by atoms with Crippen LogP contribution in [0.3, 0.4) is 0 Å². The van der Waals surface area contributed by atoms with Crippen molar-refractivity contribution in [1.82, 2.24) is 19.5 Å². The second-order valence-corrected chi connectivity index (χ2v) is 3.51. The molecule has 0 aromatic carbocycles. The van der Waals surface area contributed by atoms with Crippen LogP contribution in [-0.4, -0.2) is 46.9 Å². The predicted octanol–water partition coefficient (Wildman–Crippen LogP) is -0.859. The van der Waals surface area contributed by atoms with E-state index < -0.39 is 18.2 Å². The number of carbonyl (C=O) groups is 1. The number of carboxylic acids is 1. The van der Waals surface area contributed by atoms with Gasteiger partial charge in [0.15, 0.2) is 6.10 Å². The Morgan fingerprint density at radius 2 is 1.94 bits per heavy atom. The second-order valence-electron chi connectivity index (χ2n) is 3.51. The number of aliphatic hydroxyl groups excluding tert-OH is 2. The summed E-state index contributed by atoms with van der Waals surface area (Å²) < 4.78 is 1.55. The van der Waals surface area contributed by atoms with Crippen LogP contribution in [0.2, 0.25) is 0 Å². The maximum atomic E-state index is 10.5. The fourth-order valence-corrected chi connectivity index (χ4v) is 1.31. The molecule has 94 valence electrons. The third kappa shape index (κ3) is 2.34. The van der Waals surface area contributed by atoms with Crippen molar-refractivity contribution in [2.45, 2.75) is 12.2 Å². The molecule has 0 radical (unpaired) electrons. The Hall–Kier alpha value is -2.32. The van der Waals surface area contributed by atoms with Gasteiger partial charge in [-0.3, -0.25) is 4.57 Å². The quantitative estimate of drug-likeness (QED) is 0.645. The minimum absolute atomic E-state index is 0.119. The molecule has 2 atom stereocenters. The van der Waals surface area contributed by atoms with Gasteiger partial charge in [0.25, 0.3) is 0 Å². The fourth-order valence-electron chi connectivity index (χ4n) is 1.31. The van der Waals surface area contributed by atoms with Gasteiger partial charge >= 0.3 is 5.97 Å². The summed E-state index contributed by atoms with van der Waals surface area (Å²) in [6.07, 6.45) is 3.71. The molecule has 2 unspecified atom stereocenters. The third-order valence-electron chi connectivity index (χ3n) is 2.29. The van der Waals surface area contributed by atoms with Crippen molar-refractivity contribution in [1.29, 1.82) is 0 Å². The standard InChI is InChI=1S/C10H10N4O4/c15-7(8(16)9(17)18)6-3-12-10(13-4-6)14-2-1-11-5-14/h1-5,7-8,15-16H,(H,17,18). The highest BCUT2D eigenvalue weighted by atomic mass is 16.4. The lowest BCUT2D eigenvalue weighted by molar-refractivity contribution is -0.153. The molecule has 3 N–H and O–H groups in total. The van der Waals surface area contributed by atoms with E-state index in [1.54, 1.807) is 17.0 Å². The maximum Gasteiger partial charge on any atom is 0.335 e. The highest BCUT2D eigenvalue weighted by molar-refractivity contribution is 5.73. The first-order valence-corrected chi connectivity index (χ1v) is 4.99. The highest BCUT2D eigenvalue weighted by Gasteiger charge is 2.25. The second kappa shape index (κ2) is 4.90. The minimum atomic E-state index is -1.91. The van der Waals surface area contributed by atoms with Crippen LogP contribution in [0.1, 0.15) is 11.7 Å². The molecule has 8 nitrogen and oxygen atoms in total. The molecular formula is C10H10N4O4. The normalized spacial score (nSPS) is 14.1. The van der Waals surface area contributed by atoms with Crippen LogP contribution in [0.4, 0.5) is 0 Å². The number of aliphatic hydroxyl groups is 2. The lowest BCUT2D eigenvalue weighted by Gasteiger charge is -2.13. The maximum absolute atomic E-state index is 10.5. The first-order chi connectivity index (χ1) is 8.59. The van der Waals surface area contributed by atoms with Crippen LogP contribution >= 0.6 is 0 Å². The van der Waals surface area contributed by atoms with Crippen LogP contribution in [0.15, 0.2) is 31.1 Å². The van der Waals surface area contributed by atoms with E-state index in [0.29, 0.717) is 5.95 Å². The Bertz CT molecular complexity index is 525. The predicted molar refractivity (Wildman–Crippen MR) is 57.8 cm³/mol. The fraction of sp³-hybridized carbons (Fsp3) is 0.200. The van der Waals surface area contributed by atoms with Crippen LogP contribution < -0.4 is 0 Å². The van der Waals surface area contributed by atoms with E-state index >= 15 is 0 Å². The summed E-state index contributed by atoms with van der Waals surface area (Å²) in [6, 6.07) is 0. The zero-order valence-corrected chi connectivity index (χ0v) is 9.08. The van der Waals surface area contributed by atoms with Gasteiger partial charge in [-0.15, -0.1) is 0 Å². The van der Waals surface area contributed by atoms with Crippen molar-refractivity contribution >= 4 is 5.97 Å². The molecule has 2 aromatic rings. The topological polar surface area (TPSA) is 121 Å². The van der Waals surface area contributed by atoms with Gasteiger partial charge < -0.3 is 15.3 Å². The molecule has 2 aromatic heterocycles. The molecule has 0 fully saturated rings. The van der Waals surface area contributed by atoms with Crippen molar-refractivity contribution < 1.29 is 20.1 Å². The molecule has 0 aliphatic rings. The lowest BCUT2D eigenvalue weighted by atomic mass is 10.1. The largest absolute Gasteiger partial charge is 0.479 e. The lowest BCUT2D eigenvalue weighted by Crippen LogP contribution is -2.27. The summed E-state index contributed by atoms with van der Waals surface area (Å²) in [5, 5.41) is 27.3. The van der Waals surface area contributed by atoms with Gasteiger partial charge in [-0.05, 0) is 0 Å². The summed E-state index contributed by atoms with van der Waals surface area (Å²) in [6.45, 7) is 0. The summed E-state index contributed by atoms with van der Waals surface area (Å²) in [5.74, 6) is -1.19. The Labute approximate surface area is 101 Å². The molecule has 8 heteroatoms. The molecule has 18 heavy (non-hydrogen) atoms. The Balaban J connectivity index is 2.20. The van der Waals surface area contributed by atoms with Crippen LogP contribution in [-0.2, 0) is 4.79 Å². The van der Waals surface area contributed by atoms with Crippen molar-refractivity contribution in [2.75, 3.05) is 0 Å². The number of rotatable bonds is 4. The van der Waals surface area contributed by atoms with Gasteiger partial charge in [-0.25, -0.2) is 19.7 Å². The number of hydrogen-bond acceptors (Lipinski definition) is 6. The molecule has 0 amide bonds. The minimum Gasteiger partial charge on any atom is -0.479 e. The van der Waals surface area contributed by atoms with Crippen molar-refractivity contribution in [2.24, 2.45) is 0 Å². The molecule has 0 aliphatic heterocycles. The number of hydrogen-bond donors (Lipinski definition) is 3. The average molecular weight is 250 g/mol. The van der Waals surface area contributed by atoms with Gasteiger partial charge in [0.1, 0.15) is 12.4 Å². The van der Waals surface area contributed by atoms with E-state index in [2.05, 4.69) is 15.0 Å². The van der Waals surface area contributed by atoms with Gasteiger partial charge in [0, 0.05) is 30.4 Å². The first-order valence-electron chi connectivity index (χ1n) is 4.99. The van der Waals surface area contributed by atoms with Crippen molar-refractivity contribution in [3.8, 4) is 5.95 Å². The van der Waals surface area contributed by atoms with Crippen LogP contribution in [0.25, 0.3) is 5.95 Å². The first kappa shape index (κ1) is 12.1. The van der Waals surface area contributed by atoms with Gasteiger partial charge in [-0.1, -0.05) is 0 Å². The van der Waals surface area contributed by atoms with E-state index in [1.807, 2.05) is 0 Å². The monoisotopic (exact) mass is 250 g/mol. The Morgan fingerprint density at radius 3 is 2.44 bits per heavy atom. The molecule has 2 heterocycles. The smallest absolute Gasteiger partial charge is 0.335 e. The van der Waals surface area contributed by atoms with Gasteiger partial charge in [-0.2, -0.15) is 0 Å². The average Bonchev–Trinajstić information content (AvgIpc) is 2.91. The SMILES string of the molecule is O=C(O)C(O)C(O)c1cnc(-n2ccnc2)nc1. The van der Waals surface area contributed by atoms with E-state index in [1.165, 1.54) is 18.7 Å². The van der Waals surface area contributed by atoms with E-state index in [4.69, 9.17) is 5.11 Å². The van der Waals surface area contributed by atoms with Crippen molar-refractivity contribution in [3.05, 3.63) is 36.7 Å². The highest BCUT2D eigenvalue weighted by Crippen LogP contribution is 2.15. The number of aliphatic carboxylic acids is 1. The summed E-state index contributed by atoms with van der Waals surface area (Å²) >= 11 is 0. The zero-order valence-electron chi connectivity index (χ0n) is 9.08. The third-order valence-corrected chi connectivity index (χ3v) is 2.29. The van der Waals surface area contributed by atoms with E-state index in [0.717, 1.165) is 0 Å². The number of nitrogens with zero attached hydrogens (tertiary/aromatic N) is 4. The number of carboxylic acid groups (broad SMARTS) is 1. The molecule has 0 bridgehead atoms. The number of imidazole rings is 1. The summed E-state index contributed by atoms with van der Waals surface area (Å²) in [4.78, 5) is 22.2. The zero-order chi connectivity index (χ0) is 13.1. The molecule has 2 rings (SSSR count). The molecule has 0 aliphatic carbocycles. The summed E-state index contributed by atoms with van der Waals surface area (Å²) in [5.41, 5.74) is 0.119. The molecule has 0 saturated carbocycles. The van der Waals surface area contributed by atoms with E-state index in [9.17, 15) is 15.0 Å². The van der Waals surface area contributed by atoms with Gasteiger partial charge in [0.05, 0.1) is 0 Å². The molecule has 0 saturated heterocycles. The van der Waals surface area contributed by atoms with Gasteiger partial charge in [0.2, 0.25) is 5.95 Å².